The van der Waals surface area contributed by atoms with Gasteiger partial charge in [0.25, 0.3) is 0 Å². The minimum Gasteiger partial charge on any atom is -0.115 e. The van der Waals surface area contributed by atoms with Crippen molar-refractivity contribution in [2.24, 2.45) is 0 Å². The first-order valence-electron chi connectivity index (χ1n) is 5.29. The van der Waals surface area contributed by atoms with Crippen molar-refractivity contribution >= 4 is 23.3 Å². The maximum atomic E-state index is 5.84. The first-order chi connectivity index (χ1) is 8.29. The summed E-state index contributed by atoms with van der Waals surface area (Å²) in [4.78, 5) is 0. The Morgan fingerprint density at radius 1 is 1.00 bits per heavy atom. The van der Waals surface area contributed by atoms with Gasteiger partial charge in [0, 0.05) is 10.6 Å². The molecule has 0 aliphatic rings. The van der Waals surface area contributed by atoms with Crippen molar-refractivity contribution in [3.05, 3.63) is 70.7 Å². The highest BCUT2D eigenvalue weighted by molar-refractivity contribution is 6.30. The van der Waals surface area contributed by atoms with Crippen LogP contribution in [0.1, 0.15) is 11.1 Å². The first kappa shape index (κ1) is 11.5. The number of rotatable bonds is 2. The third-order valence-electron chi connectivity index (χ3n) is 2.42. The molecule has 0 amide bonds. The summed E-state index contributed by atoms with van der Waals surface area (Å²) >= 11 is 5.84. The van der Waals surface area contributed by atoms with Crippen LogP contribution in [0.25, 0.3) is 11.6 Å². The molecule has 17 heavy (non-hydrogen) atoms. The molecule has 0 nitrogen and oxygen atoms in total. The number of halogens is 1. The van der Waals surface area contributed by atoms with E-state index in [4.69, 9.17) is 18.0 Å². The van der Waals surface area contributed by atoms with Gasteiger partial charge in [-0.1, -0.05) is 60.0 Å². The second kappa shape index (κ2) is 5.39. The van der Waals surface area contributed by atoms with Crippen molar-refractivity contribution in [2.75, 3.05) is 0 Å². The van der Waals surface area contributed by atoms with Gasteiger partial charge in [0.05, 0.1) is 0 Å². The molecule has 0 fully saturated rings. The molecule has 0 saturated carbocycles. The molecule has 0 atom stereocenters. The predicted octanol–water partition coefficient (Wildman–Crippen LogP) is 4.51. The fourth-order valence-electron chi connectivity index (χ4n) is 1.55. The molecule has 0 aliphatic carbocycles. The topological polar surface area (TPSA) is 0 Å². The summed E-state index contributed by atoms with van der Waals surface area (Å²) in [5.74, 6) is 2.71. The van der Waals surface area contributed by atoms with Crippen LogP contribution in [-0.4, -0.2) is 0 Å². The van der Waals surface area contributed by atoms with Crippen LogP contribution in [0.4, 0.5) is 0 Å². The smallest absolute Gasteiger partial charge is 0.0406 e. The van der Waals surface area contributed by atoms with E-state index >= 15 is 0 Å². The summed E-state index contributed by atoms with van der Waals surface area (Å²) in [5.41, 5.74) is 2.96. The second-order valence-electron chi connectivity index (χ2n) is 3.62. The molecule has 0 radical (unpaired) electrons. The molecular weight excluding hydrogens is 228 g/mol. The van der Waals surface area contributed by atoms with Crippen LogP contribution >= 0.6 is 11.6 Å². The van der Waals surface area contributed by atoms with E-state index in [1.54, 1.807) is 0 Å². The van der Waals surface area contributed by atoms with E-state index in [0.29, 0.717) is 0 Å². The van der Waals surface area contributed by atoms with Gasteiger partial charge in [-0.3, -0.25) is 0 Å². The molecule has 0 unspecified atom stereocenters. The number of terminal acetylenes is 1. The molecule has 0 heterocycles. The van der Waals surface area contributed by atoms with Gasteiger partial charge < -0.3 is 0 Å². The van der Waals surface area contributed by atoms with Crippen LogP contribution in [0.15, 0.2) is 54.6 Å². The fourth-order valence-corrected chi connectivity index (χ4v) is 1.68. The lowest BCUT2D eigenvalue weighted by Gasteiger charge is -2.00. The van der Waals surface area contributed by atoms with Crippen LogP contribution < -0.4 is 0 Å². The highest BCUT2D eigenvalue weighted by Gasteiger charge is 1.97. The molecule has 0 saturated heterocycles. The minimum atomic E-state index is 0.726. The lowest BCUT2D eigenvalue weighted by molar-refractivity contribution is 1.62. The molecule has 2 aromatic rings. The van der Waals surface area contributed by atoms with Crippen molar-refractivity contribution in [1.82, 2.24) is 0 Å². The number of benzene rings is 2. The van der Waals surface area contributed by atoms with Crippen molar-refractivity contribution < 1.29 is 0 Å². The standard InChI is InChI=1S/C16H11Cl/c1-2-14(15-6-4-3-5-7-15)12-13-8-10-16(17)11-9-13/h1,3-12H/b14-12+. The van der Waals surface area contributed by atoms with Gasteiger partial charge in [0.2, 0.25) is 0 Å². The number of hydrogen-bond acceptors (Lipinski definition) is 0. The molecule has 0 N–H and O–H groups in total. The Kier molecular flexibility index (Phi) is 3.65. The average Bonchev–Trinajstić information content (AvgIpc) is 2.39. The lowest BCUT2D eigenvalue weighted by Crippen LogP contribution is -1.81. The van der Waals surface area contributed by atoms with Crippen LogP contribution in [0.5, 0.6) is 0 Å². The fraction of sp³-hybridized carbons (Fsp3) is 0. The lowest BCUT2D eigenvalue weighted by atomic mass is 10.0. The van der Waals surface area contributed by atoms with Crippen LogP contribution in [0.3, 0.4) is 0 Å². The highest BCUT2D eigenvalue weighted by atomic mass is 35.5. The van der Waals surface area contributed by atoms with E-state index in [2.05, 4.69) is 5.92 Å². The molecule has 2 aromatic carbocycles. The Balaban J connectivity index is 2.37. The molecule has 1 heteroatoms. The Labute approximate surface area is 107 Å². The Morgan fingerprint density at radius 3 is 2.24 bits per heavy atom. The largest absolute Gasteiger partial charge is 0.115 e. The predicted molar refractivity (Wildman–Crippen MR) is 74.6 cm³/mol. The van der Waals surface area contributed by atoms with E-state index in [0.717, 1.165) is 21.7 Å². The summed E-state index contributed by atoms with van der Waals surface area (Å²) in [5, 5.41) is 0.726. The van der Waals surface area contributed by atoms with Crippen LogP contribution in [0.2, 0.25) is 5.02 Å². The maximum Gasteiger partial charge on any atom is 0.0406 e. The Hall–Kier alpha value is -1.97. The van der Waals surface area contributed by atoms with Gasteiger partial charge in [0.1, 0.15) is 0 Å². The van der Waals surface area contributed by atoms with Gasteiger partial charge in [-0.15, -0.1) is 6.42 Å². The van der Waals surface area contributed by atoms with Crippen molar-refractivity contribution in [3.8, 4) is 12.3 Å². The summed E-state index contributed by atoms with van der Waals surface area (Å²) in [6.07, 6.45) is 7.52. The molecule has 0 aliphatic heterocycles. The summed E-state index contributed by atoms with van der Waals surface area (Å²) in [6, 6.07) is 17.5. The van der Waals surface area contributed by atoms with E-state index < -0.39 is 0 Å². The molecule has 0 aromatic heterocycles. The van der Waals surface area contributed by atoms with Gasteiger partial charge in [0.15, 0.2) is 0 Å². The van der Waals surface area contributed by atoms with Crippen molar-refractivity contribution in [1.29, 1.82) is 0 Å². The summed E-state index contributed by atoms with van der Waals surface area (Å²) in [7, 11) is 0. The zero-order valence-electron chi connectivity index (χ0n) is 9.23. The SMILES string of the molecule is C#C/C(=C\c1ccc(Cl)cc1)c1ccccc1. The quantitative estimate of drug-likeness (QED) is 0.533. The highest BCUT2D eigenvalue weighted by Crippen LogP contribution is 2.18. The Bertz CT molecular complexity index is 557. The van der Waals surface area contributed by atoms with Gasteiger partial charge in [-0.05, 0) is 29.3 Å². The van der Waals surface area contributed by atoms with Gasteiger partial charge >= 0.3 is 0 Å². The van der Waals surface area contributed by atoms with Crippen molar-refractivity contribution in [3.63, 3.8) is 0 Å². The Morgan fingerprint density at radius 2 is 1.65 bits per heavy atom. The maximum absolute atomic E-state index is 5.84. The summed E-state index contributed by atoms with van der Waals surface area (Å²) in [6.45, 7) is 0. The molecular formula is C16H11Cl. The van der Waals surface area contributed by atoms with Crippen LogP contribution in [0, 0.1) is 12.3 Å². The van der Waals surface area contributed by atoms with E-state index in [1.807, 2.05) is 60.7 Å². The number of hydrogen-bond donors (Lipinski definition) is 0. The van der Waals surface area contributed by atoms with Crippen LogP contribution in [-0.2, 0) is 0 Å². The second-order valence-corrected chi connectivity index (χ2v) is 4.06. The number of allylic oxidation sites excluding steroid dienone is 1. The van der Waals surface area contributed by atoms with E-state index in [9.17, 15) is 0 Å². The summed E-state index contributed by atoms with van der Waals surface area (Å²) < 4.78 is 0. The average molecular weight is 239 g/mol. The van der Waals surface area contributed by atoms with Gasteiger partial charge in [-0.2, -0.15) is 0 Å². The minimum absolute atomic E-state index is 0.726. The van der Waals surface area contributed by atoms with Crippen molar-refractivity contribution in [2.45, 2.75) is 0 Å². The zero-order valence-corrected chi connectivity index (χ0v) is 9.98. The third kappa shape index (κ3) is 3.00. The normalized spacial score (nSPS) is 10.9. The monoisotopic (exact) mass is 238 g/mol. The van der Waals surface area contributed by atoms with E-state index in [-0.39, 0.29) is 0 Å². The third-order valence-corrected chi connectivity index (χ3v) is 2.67. The molecule has 2 rings (SSSR count). The van der Waals surface area contributed by atoms with Gasteiger partial charge in [-0.25, -0.2) is 0 Å². The molecule has 0 bridgehead atoms. The first-order valence-corrected chi connectivity index (χ1v) is 5.67. The molecule has 82 valence electrons. The molecule has 0 spiro atoms. The van der Waals surface area contributed by atoms with E-state index in [1.165, 1.54) is 0 Å². The zero-order chi connectivity index (χ0) is 12.1.